The molecule has 11 heteroatoms. The van der Waals surface area contributed by atoms with Crippen molar-refractivity contribution in [1.82, 2.24) is 20.0 Å². The summed E-state index contributed by atoms with van der Waals surface area (Å²) in [6.45, 7) is 2.79. The zero-order chi connectivity index (χ0) is 17.0. The van der Waals surface area contributed by atoms with Crippen LogP contribution in [0.3, 0.4) is 0 Å². The molecule has 0 spiro atoms. The molecule has 2 rings (SSSR count). The number of rotatable bonds is 4. The lowest BCUT2D eigenvalue weighted by molar-refractivity contribution is -0.138. The van der Waals surface area contributed by atoms with Crippen LogP contribution in [0.4, 0.5) is 18.3 Å². The van der Waals surface area contributed by atoms with Crippen molar-refractivity contribution in [3.8, 4) is 0 Å². The van der Waals surface area contributed by atoms with E-state index in [4.69, 9.17) is 0 Å². The first-order chi connectivity index (χ1) is 10.8. The summed E-state index contributed by atoms with van der Waals surface area (Å²) < 4.78 is 37.1. The lowest BCUT2D eigenvalue weighted by atomic mass is 10.2. The van der Waals surface area contributed by atoms with Gasteiger partial charge >= 0.3 is 6.18 Å². The van der Waals surface area contributed by atoms with Crippen molar-refractivity contribution < 1.29 is 22.8 Å². The first-order valence-electron chi connectivity index (χ1n) is 6.92. The highest BCUT2D eigenvalue weighted by atomic mass is 32.1. The Labute approximate surface area is 134 Å². The number of nitrogens with zero attached hydrogens (tertiary/aromatic N) is 4. The van der Waals surface area contributed by atoms with Gasteiger partial charge in [0.05, 0.1) is 0 Å². The number of carbonyl (C=O) groups excluding carboxylic acids is 2. The maximum Gasteiger partial charge on any atom is 0.445 e. The predicted molar refractivity (Wildman–Crippen MR) is 76.9 cm³/mol. The summed E-state index contributed by atoms with van der Waals surface area (Å²) >= 11 is 0.251. The highest BCUT2D eigenvalue weighted by Gasteiger charge is 2.35. The molecular formula is C12H16F3N5O2S. The molecule has 0 saturated carbocycles. The summed E-state index contributed by atoms with van der Waals surface area (Å²) in [7, 11) is 1.96. The third kappa shape index (κ3) is 5.13. The summed E-state index contributed by atoms with van der Waals surface area (Å²) in [4.78, 5) is 27.4. The number of piperazine rings is 1. The summed E-state index contributed by atoms with van der Waals surface area (Å²) in [6, 6.07) is 0. The van der Waals surface area contributed by atoms with Crippen molar-refractivity contribution in [2.75, 3.05) is 38.5 Å². The van der Waals surface area contributed by atoms with Gasteiger partial charge in [-0.1, -0.05) is 11.3 Å². The number of hydrogen-bond donors (Lipinski definition) is 1. The van der Waals surface area contributed by atoms with E-state index in [1.807, 2.05) is 7.05 Å². The van der Waals surface area contributed by atoms with Gasteiger partial charge in [0.1, 0.15) is 0 Å². The molecule has 1 aliphatic heterocycles. The highest BCUT2D eigenvalue weighted by molar-refractivity contribution is 7.15. The van der Waals surface area contributed by atoms with Crippen molar-refractivity contribution in [3.63, 3.8) is 0 Å². The molecule has 0 unspecified atom stereocenters. The van der Waals surface area contributed by atoms with E-state index in [-0.39, 0.29) is 35.2 Å². The van der Waals surface area contributed by atoms with Crippen LogP contribution in [0.1, 0.15) is 17.8 Å². The Morgan fingerprint density at radius 2 is 1.83 bits per heavy atom. The zero-order valence-electron chi connectivity index (χ0n) is 12.4. The zero-order valence-corrected chi connectivity index (χ0v) is 13.2. The van der Waals surface area contributed by atoms with E-state index in [0.717, 1.165) is 13.1 Å². The fraction of sp³-hybridized carbons (Fsp3) is 0.667. The fourth-order valence-electron chi connectivity index (χ4n) is 2.00. The van der Waals surface area contributed by atoms with E-state index in [1.54, 1.807) is 4.90 Å². The van der Waals surface area contributed by atoms with E-state index < -0.39 is 17.1 Å². The number of alkyl halides is 3. The van der Waals surface area contributed by atoms with Crippen molar-refractivity contribution in [3.05, 3.63) is 5.01 Å². The molecule has 1 fully saturated rings. The number of nitrogens with one attached hydrogen (secondary N) is 1. The monoisotopic (exact) mass is 351 g/mol. The van der Waals surface area contributed by atoms with Gasteiger partial charge in [-0.05, 0) is 7.05 Å². The van der Waals surface area contributed by atoms with Crippen LogP contribution in [0.5, 0.6) is 0 Å². The van der Waals surface area contributed by atoms with Crippen LogP contribution in [0.25, 0.3) is 0 Å². The molecule has 1 aromatic rings. The van der Waals surface area contributed by atoms with Gasteiger partial charge in [0, 0.05) is 39.0 Å². The molecule has 1 aliphatic rings. The average molecular weight is 351 g/mol. The molecule has 1 N–H and O–H groups in total. The van der Waals surface area contributed by atoms with Gasteiger partial charge in [0.15, 0.2) is 0 Å². The minimum atomic E-state index is -4.59. The third-order valence-corrected chi connectivity index (χ3v) is 4.22. The molecule has 0 bridgehead atoms. The van der Waals surface area contributed by atoms with Crippen LogP contribution < -0.4 is 5.32 Å². The molecule has 2 heterocycles. The standard InChI is InChI=1S/C12H16F3N5O2S/c1-19-4-6-20(7-5-19)9(22)3-2-8(21)16-11-18-17-10(23-11)12(13,14)15/h2-7H2,1H3,(H,16,18,21). The molecule has 0 atom stereocenters. The molecule has 23 heavy (non-hydrogen) atoms. The second-order valence-corrected chi connectivity index (χ2v) is 6.12. The second kappa shape index (κ2) is 7.21. The summed E-state index contributed by atoms with van der Waals surface area (Å²) in [5, 5.41) is 7.10. The van der Waals surface area contributed by atoms with Crippen LogP contribution in [-0.2, 0) is 15.8 Å². The van der Waals surface area contributed by atoms with E-state index in [2.05, 4.69) is 20.4 Å². The number of hydrogen-bond acceptors (Lipinski definition) is 6. The third-order valence-electron chi connectivity index (χ3n) is 3.34. The molecule has 1 saturated heterocycles. The number of anilines is 1. The first-order valence-corrected chi connectivity index (χ1v) is 7.74. The van der Waals surface area contributed by atoms with Crippen molar-refractivity contribution >= 4 is 28.3 Å². The van der Waals surface area contributed by atoms with Crippen LogP contribution in [0.15, 0.2) is 0 Å². The summed E-state index contributed by atoms with van der Waals surface area (Å²) in [6.07, 6.45) is -4.68. The van der Waals surface area contributed by atoms with Gasteiger partial charge in [-0.2, -0.15) is 13.2 Å². The molecule has 2 amide bonds. The maximum atomic E-state index is 12.4. The quantitative estimate of drug-likeness (QED) is 0.877. The lowest BCUT2D eigenvalue weighted by Crippen LogP contribution is -2.47. The van der Waals surface area contributed by atoms with Gasteiger partial charge in [-0.25, -0.2) is 0 Å². The van der Waals surface area contributed by atoms with Crippen molar-refractivity contribution in [2.45, 2.75) is 19.0 Å². The van der Waals surface area contributed by atoms with E-state index in [9.17, 15) is 22.8 Å². The number of halogens is 3. The Kier molecular flexibility index (Phi) is 5.52. The Bertz CT molecular complexity index is 569. The molecule has 0 aromatic carbocycles. The Balaban J connectivity index is 1.77. The second-order valence-electron chi connectivity index (χ2n) is 5.14. The molecule has 1 aromatic heterocycles. The Morgan fingerprint density at radius 3 is 2.39 bits per heavy atom. The molecule has 0 aliphatic carbocycles. The normalized spacial score (nSPS) is 16.4. The smallest absolute Gasteiger partial charge is 0.340 e. The van der Waals surface area contributed by atoms with Crippen LogP contribution in [0.2, 0.25) is 0 Å². The number of likely N-dealkylation sites (N-methyl/N-ethyl adjacent to an activating group) is 1. The SMILES string of the molecule is CN1CCN(C(=O)CCC(=O)Nc2nnc(C(F)(F)F)s2)CC1. The van der Waals surface area contributed by atoms with Gasteiger partial charge in [-0.15, -0.1) is 10.2 Å². The number of amides is 2. The minimum Gasteiger partial charge on any atom is -0.340 e. The van der Waals surface area contributed by atoms with E-state index >= 15 is 0 Å². The highest BCUT2D eigenvalue weighted by Crippen LogP contribution is 2.32. The van der Waals surface area contributed by atoms with Gasteiger partial charge in [0.25, 0.3) is 0 Å². The first kappa shape index (κ1) is 17.6. The largest absolute Gasteiger partial charge is 0.445 e. The van der Waals surface area contributed by atoms with Gasteiger partial charge < -0.3 is 15.1 Å². The summed E-state index contributed by atoms with van der Waals surface area (Å²) in [5.41, 5.74) is 0. The lowest BCUT2D eigenvalue weighted by Gasteiger charge is -2.32. The Morgan fingerprint density at radius 1 is 1.17 bits per heavy atom. The minimum absolute atomic E-state index is 0.0144. The number of aromatic nitrogens is 2. The molecule has 0 radical (unpaired) electrons. The van der Waals surface area contributed by atoms with E-state index in [0.29, 0.717) is 13.1 Å². The van der Waals surface area contributed by atoms with E-state index in [1.165, 1.54) is 0 Å². The molecular weight excluding hydrogens is 335 g/mol. The van der Waals surface area contributed by atoms with Crippen LogP contribution >= 0.6 is 11.3 Å². The molecule has 7 nitrogen and oxygen atoms in total. The maximum absolute atomic E-state index is 12.4. The van der Waals surface area contributed by atoms with Gasteiger partial charge in [-0.3, -0.25) is 9.59 Å². The molecule has 128 valence electrons. The van der Waals surface area contributed by atoms with Crippen LogP contribution in [0, 0.1) is 0 Å². The Hall–Kier alpha value is -1.75. The number of carbonyl (C=O) groups is 2. The topological polar surface area (TPSA) is 78.4 Å². The van der Waals surface area contributed by atoms with Crippen molar-refractivity contribution in [1.29, 1.82) is 0 Å². The van der Waals surface area contributed by atoms with Crippen molar-refractivity contribution in [2.24, 2.45) is 0 Å². The van der Waals surface area contributed by atoms with Crippen LogP contribution in [-0.4, -0.2) is 65.0 Å². The van der Waals surface area contributed by atoms with Gasteiger partial charge in [0.2, 0.25) is 22.0 Å². The average Bonchev–Trinajstić information content (AvgIpc) is 2.94. The summed E-state index contributed by atoms with van der Waals surface area (Å²) in [5.74, 6) is -0.696. The fourth-order valence-corrected chi connectivity index (χ4v) is 2.63. The predicted octanol–water partition coefficient (Wildman–Crippen LogP) is 1.05.